The average molecular weight is 438 g/mol. The van der Waals surface area contributed by atoms with Crippen molar-refractivity contribution >= 4 is 56.4 Å². The second kappa shape index (κ2) is 8.45. The van der Waals surface area contributed by atoms with E-state index in [1.807, 2.05) is 0 Å². The molecular formula is C16H15Cl3N2O4S. The van der Waals surface area contributed by atoms with E-state index in [0.717, 1.165) is 0 Å². The summed E-state index contributed by atoms with van der Waals surface area (Å²) in [6.45, 7) is 1.40. The van der Waals surface area contributed by atoms with Crippen molar-refractivity contribution in [3.05, 3.63) is 51.5 Å². The Balaban J connectivity index is 2.13. The summed E-state index contributed by atoms with van der Waals surface area (Å²) in [4.78, 5) is 12.1. The van der Waals surface area contributed by atoms with Crippen molar-refractivity contribution in [2.45, 2.75) is 17.9 Å². The molecule has 0 heterocycles. The number of ether oxygens (including phenoxy) is 1. The lowest BCUT2D eigenvalue weighted by Gasteiger charge is -2.15. The minimum atomic E-state index is -4.04. The molecule has 2 rings (SSSR count). The van der Waals surface area contributed by atoms with Gasteiger partial charge in [0, 0.05) is 10.7 Å². The third-order valence-corrected chi connectivity index (χ3v) is 5.88. The van der Waals surface area contributed by atoms with Gasteiger partial charge in [0.25, 0.3) is 0 Å². The highest BCUT2D eigenvalue weighted by molar-refractivity contribution is 7.89. The first-order valence-electron chi connectivity index (χ1n) is 7.26. The minimum Gasteiger partial charge on any atom is -0.495 e. The summed E-state index contributed by atoms with van der Waals surface area (Å²) >= 11 is 17.7. The molecule has 1 amide bonds. The van der Waals surface area contributed by atoms with Gasteiger partial charge in [-0.1, -0.05) is 34.8 Å². The number of hydrogen-bond donors (Lipinski definition) is 2. The van der Waals surface area contributed by atoms with Crippen LogP contribution in [-0.4, -0.2) is 27.5 Å². The molecule has 0 radical (unpaired) electrons. The molecule has 6 nitrogen and oxygen atoms in total. The van der Waals surface area contributed by atoms with Crippen LogP contribution in [0.2, 0.25) is 15.1 Å². The standard InChI is InChI=1S/C16H15Cl3N2O4S/c1-9(16(22)20-11-4-6-14(25-2)13(19)8-11)21-26(23,24)15-7-10(17)3-5-12(15)18/h3-9,21H,1-2H3,(H,20,22)/t9-/m0/s1. The molecule has 140 valence electrons. The summed E-state index contributed by atoms with van der Waals surface area (Å²) in [6, 6.07) is 7.62. The Hall–Kier alpha value is -1.51. The number of rotatable bonds is 6. The molecule has 2 aromatic rings. The van der Waals surface area contributed by atoms with Crippen LogP contribution in [0.25, 0.3) is 0 Å². The second-order valence-corrected chi connectivity index (χ2v) is 8.19. The number of amides is 1. The molecule has 10 heteroatoms. The molecule has 0 unspecified atom stereocenters. The Labute approximate surface area is 166 Å². The molecule has 0 spiro atoms. The number of carbonyl (C=O) groups is 1. The summed E-state index contributed by atoms with van der Waals surface area (Å²) in [5, 5.41) is 3.08. The number of halogens is 3. The number of carbonyl (C=O) groups excluding carboxylic acids is 1. The maximum atomic E-state index is 12.4. The lowest BCUT2D eigenvalue weighted by molar-refractivity contribution is -0.117. The van der Waals surface area contributed by atoms with Gasteiger partial charge < -0.3 is 10.1 Å². The van der Waals surface area contributed by atoms with Crippen LogP contribution in [0, 0.1) is 0 Å². The van der Waals surface area contributed by atoms with Gasteiger partial charge in [0.1, 0.15) is 10.6 Å². The van der Waals surface area contributed by atoms with E-state index in [2.05, 4.69) is 10.0 Å². The van der Waals surface area contributed by atoms with E-state index in [1.165, 1.54) is 38.3 Å². The first-order valence-corrected chi connectivity index (χ1v) is 9.87. The summed E-state index contributed by atoms with van der Waals surface area (Å²) < 4.78 is 32.2. The van der Waals surface area contributed by atoms with E-state index in [0.29, 0.717) is 16.5 Å². The van der Waals surface area contributed by atoms with Crippen LogP contribution in [-0.2, 0) is 14.8 Å². The Kier molecular flexibility index (Phi) is 6.76. The first-order chi connectivity index (χ1) is 12.1. The second-order valence-electron chi connectivity index (χ2n) is 5.26. The van der Waals surface area contributed by atoms with Crippen molar-refractivity contribution in [1.82, 2.24) is 4.72 Å². The molecule has 0 fully saturated rings. The number of hydrogen-bond acceptors (Lipinski definition) is 4. The van der Waals surface area contributed by atoms with Crippen LogP contribution in [0.5, 0.6) is 5.75 Å². The predicted molar refractivity (Wildman–Crippen MR) is 103 cm³/mol. The zero-order valence-corrected chi connectivity index (χ0v) is 16.8. The third kappa shape index (κ3) is 5.02. The van der Waals surface area contributed by atoms with Crippen molar-refractivity contribution in [2.75, 3.05) is 12.4 Å². The number of nitrogens with one attached hydrogen (secondary N) is 2. The molecule has 0 aliphatic heterocycles. The molecule has 0 aliphatic carbocycles. The van der Waals surface area contributed by atoms with E-state index in [9.17, 15) is 13.2 Å². The molecule has 0 saturated heterocycles. The number of sulfonamides is 1. The molecule has 0 bridgehead atoms. The van der Waals surface area contributed by atoms with Crippen LogP contribution < -0.4 is 14.8 Å². The van der Waals surface area contributed by atoms with Crippen molar-refractivity contribution in [2.24, 2.45) is 0 Å². The van der Waals surface area contributed by atoms with Crippen LogP contribution in [0.1, 0.15) is 6.92 Å². The maximum Gasteiger partial charge on any atom is 0.242 e. The lowest BCUT2D eigenvalue weighted by atomic mass is 10.2. The Morgan fingerprint density at radius 1 is 1.08 bits per heavy atom. The molecule has 0 aliphatic rings. The zero-order chi connectivity index (χ0) is 19.5. The van der Waals surface area contributed by atoms with Gasteiger partial charge in [-0.15, -0.1) is 0 Å². The summed E-state index contributed by atoms with van der Waals surface area (Å²) in [5.74, 6) is -0.123. The number of benzene rings is 2. The summed E-state index contributed by atoms with van der Waals surface area (Å²) in [7, 11) is -2.57. The van der Waals surface area contributed by atoms with Crippen LogP contribution in [0.15, 0.2) is 41.3 Å². The van der Waals surface area contributed by atoms with Crippen molar-refractivity contribution in [1.29, 1.82) is 0 Å². The minimum absolute atomic E-state index is 0.00329. The molecule has 1 atom stereocenters. The largest absolute Gasteiger partial charge is 0.495 e. The van der Waals surface area contributed by atoms with Gasteiger partial charge in [0.15, 0.2) is 0 Å². The van der Waals surface area contributed by atoms with Gasteiger partial charge in [0.05, 0.1) is 23.2 Å². The molecule has 0 saturated carbocycles. The van der Waals surface area contributed by atoms with Crippen molar-refractivity contribution in [3.8, 4) is 5.75 Å². The molecule has 2 aromatic carbocycles. The summed E-state index contributed by atoms with van der Waals surface area (Å²) in [6.07, 6.45) is 0. The quantitative estimate of drug-likeness (QED) is 0.716. The van der Waals surface area contributed by atoms with E-state index >= 15 is 0 Å². The smallest absolute Gasteiger partial charge is 0.242 e. The fourth-order valence-corrected chi connectivity index (χ4v) is 4.25. The van der Waals surface area contributed by atoms with Gasteiger partial charge in [0.2, 0.25) is 15.9 Å². The predicted octanol–water partition coefficient (Wildman–Crippen LogP) is 3.96. The number of methoxy groups -OCH3 is 1. The van der Waals surface area contributed by atoms with E-state index in [-0.39, 0.29) is 14.9 Å². The molecular weight excluding hydrogens is 423 g/mol. The fraction of sp³-hybridized carbons (Fsp3) is 0.188. The highest BCUT2D eigenvalue weighted by atomic mass is 35.5. The van der Waals surface area contributed by atoms with Gasteiger partial charge >= 0.3 is 0 Å². The molecule has 26 heavy (non-hydrogen) atoms. The first kappa shape index (κ1) is 20.8. The van der Waals surface area contributed by atoms with Crippen molar-refractivity contribution < 1.29 is 17.9 Å². The van der Waals surface area contributed by atoms with Crippen LogP contribution >= 0.6 is 34.8 Å². The Morgan fingerprint density at radius 2 is 1.77 bits per heavy atom. The topological polar surface area (TPSA) is 84.5 Å². The van der Waals surface area contributed by atoms with E-state index < -0.39 is 22.0 Å². The van der Waals surface area contributed by atoms with Crippen LogP contribution in [0.4, 0.5) is 5.69 Å². The maximum absolute atomic E-state index is 12.4. The van der Waals surface area contributed by atoms with Crippen molar-refractivity contribution in [3.63, 3.8) is 0 Å². The number of anilines is 1. The third-order valence-electron chi connectivity index (χ3n) is 3.33. The van der Waals surface area contributed by atoms with Gasteiger partial charge in [-0.25, -0.2) is 8.42 Å². The van der Waals surface area contributed by atoms with Crippen LogP contribution in [0.3, 0.4) is 0 Å². The Morgan fingerprint density at radius 3 is 2.38 bits per heavy atom. The summed E-state index contributed by atoms with van der Waals surface area (Å²) in [5.41, 5.74) is 0.396. The highest BCUT2D eigenvalue weighted by Gasteiger charge is 2.24. The monoisotopic (exact) mass is 436 g/mol. The van der Waals surface area contributed by atoms with E-state index in [4.69, 9.17) is 39.5 Å². The van der Waals surface area contributed by atoms with Gasteiger partial charge in [-0.3, -0.25) is 4.79 Å². The average Bonchev–Trinajstić information content (AvgIpc) is 2.56. The Bertz CT molecular complexity index is 935. The SMILES string of the molecule is COc1ccc(NC(=O)[C@H](C)NS(=O)(=O)c2cc(Cl)ccc2Cl)cc1Cl. The van der Waals surface area contributed by atoms with Gasteiger partial charge in [-0.2, -0.15) is 4.72 Å². The highest BCUT2D eigenvalue weighted by Crippen LogP contribution is 2.27. The molecule has 0 aromatic heterocycles. The van der Waals surface area contributed by atoms with Gasteiger partial charge in [-0.05, 0) is 43.3 Å². The van der Waals surface area contributed by atoms with E-state index in [1.54, 1.807) is 12.1 Å². The fourth-order valence-electron chi connectivity index (χ4n) is 2.03. The normalized spacial score (nSPS) is 12.5. The molecule has 2 N–H and O–H groups in total. The zero-order valence-electron chi connectivity index (χ0n) is 13.7. The lowest BCUT2D eigenvalue weighted by Crippen LogP contribution is -2.41.